The lowest BCUT2D eigenvalue weighted by atomic mass is 9.96. The first-order valence-electron chi connectivity index (χ1n) is 9.12. The van der Waals surface area contributed by atoms with Gasteiger partial charge in [0, 0.05) is 36.6 Å². The summed E-state index contributed by atoms with van der Waals surface area (Å²) in [4.78, 5) is 13.8. The molecule has 156 valence electrons. The number of nitrogens with one attached hydrogen (secondary N) is 2. The summed E-state index contributed by atoms with van der Waals surface area (Å²) in [5.41, 5.74) is 0.483. The van der Waals surface area contributed by atoms with Gasteiger partial charge in [-0.05, 0) is 36.1 Å². The average Bonchev–Trinajstić information content (AvgIpc) is 3.03. The summed E-state index contributed by atoms with van der Waals surface area (Å²) in [7, 11) is 1.51. The van der Waals surface area contributed by atoms with Gasteiger partial charge in [-0.15, -0.1) is 4.72 Å². The number of amides is 2. The van der Waals surface area contributed by atoms with E-state index >= 15 is 4.39 Å². The minimum Gasteiger partial charge on any atom is -0.598 e. The summed E-state index contributed by atoms with van der Waals surface area (Å²) in [5, 5.41) is 2.57. The Morgan fingerprint density at radius 3 is 2.55 bits per heavy atom. The predicted octanol–water partition coefficient (Wildman–Crippen LogP) is 2.98. The van der Waals surface area contributed by atoms with Crippen LogP contribution in [0.1, 0.15) is 12.0 Å². The molecule has 1 aliphatic rings. The summed E-state index contributed by atoms with van der Waals surface area (Å²) in [6, 6.07) is 6.52. The van der Waals surface area contributed by atoms with Gasteiger partial charge in [0.05, 0.1) is 12.1 Å². The molecule has 0 aromatic heterocycles. The van der Waals surface area contributed by atoms with E-state index in [0.717, 1.165) is 18.2 Å². The molecule has 1 aliphatic heterocycles. The number of nitrogens with zero attached hydrogens (tertiary/aromatic N) is 1. The van der Waals surface area contributed by atoms with E-state index in [9.17, 15) is 18.1 Å². The molecule has 3 atom stereocenters. The van der Waals surface area contributed by atoms with E-state index in [0.29, 0.717) is 18.5 Å². The van der Waals surface area contributed by atoms with Crippen molar-refractivity contribution in [1.82, 2.24) is 14.9 Å². The minimum atomic E-state index is -1.29. The molecule has 2 N–H and O–H groups in total. The highest BCUT2D eigenvalue weighted by atomic mass is 32.2. The number of hydrogen-bond acceptors (Lipinski definition) is 3. The fraction of sp³-hybridized carbons (Fsp3) is 0.350. The van der Waals surface area contributed by atoms with Gasteiger partial charge in [-0.3, -0.25) is 0 Å². The molecular weight excluding hydrogens is 403 g/mol. The van der Waals surface area contributed by atoms with Gasteiger partial charge in [-0.25, -0.2) is 18.0 Å². The van der Waals surface area contributed by atoms with Gasteiger partial charge in [0.15, 0.2) is 0 Å². The van der Waals surface area contributed by atoms with Gasteiger partial charge in [-0.2, -0.15) is 0 Å². The summed E-state index contributed by atoms with van der Waals surface area (Å²) in [5.74, 6) is -2.18. The van der Waals surface area contributed by atoms with Crippen molar-refractivity contribution in [3.05, 3.63) is 59.4 Å². The third-order valence-corrected chi connectivity index (χ3v) is 5.65. The van der Waals surface area contributed by atoms with E-state index in [-0.39, 0.29) is 29.6 Å². The Hall–Kier alpha value is -2.23. The first-order valence-corrected chi connectivity index (χ1v) is 10.7. The van der Waals surface area contributed by atoms with Crippen LogP contribution in [0.3, 0.4) is 0 Å². The molecular formula is C20H22F3N3O2S. The molecule has 2 aromatic carbocycles. The Bertz CT molecular complexity index is 877. The molecule has 29 heavy (non-hydrogen) atoms. The van der Waals surface area contributed by atoms with Crippen molar-refractivity contribution in [2.75, 3.05) is 19.8 Å². The standard InChI is InChI=1S/C20H22F3N3O2S/c1-24-20(27)26-7-6-17(25-29(2)28)18(26)10-12-4-3-5-16(19(12)23)13-8-14(21)11-15(22)9-13/h3-5,8-9,11,17-18,25H,6-7,10H2,1-2H3,(H,24,27). The topological polar surface area (TPSA) is 67.4 Å². The summed E-state index contributed by atoms with van der Waals surface area (Å²) in [6.45, 7) is 0.440. The molecule has 0 saturated carbocycles. The van der Waals surface area contributed by atoms with E-state index in [1.807, 2.05) is 0 Å². The quantitative estimate of drug-likeness (QED) is 0.724. The Balaban J connectivity index is 1.94. The second-order valence-corrected chi connectivity index (χ2v) is 8.07. The molecule has 1 fully saturated rings. The molecule has 2 aromatic rings. The highest BCUT2D eigenvalue weighted by Gasteiger charge is 2.39. The lowest BCUT2D eigenvalue weighted by Gasteiger charge is -2.28. The molecule has 9 heteroatoms. The largest absolute Gasteiger partial charge is 0.598 e. The van der Waals surface area contributed by atoms with Crippen LogP contribution in [0, 0.1) is 17.5 Å². The van der Waals surface area contributed by atoms with Gasteiger partial charge in [0.1, 0.15) is 23.7 Å². The van der Waals surface area contributed by atoms with Crippen LogP contribution in [0.5, 0.6) is 0 Å². The first kappa shape index (κ1) is 21.5. The number of benzene rings is 2. The van der Waals surface area contributed by atoms with Crippen molar-refractivity contribution >= 4 is 17.4 Å². The highest BCUT2D eigenvalue weighted by Crippen LogP contribution is 2.29. The number of carbonyl (C=O) groups excluding carboxylic acids is 1. The molecule has 0 aliphatic carbocycles. The molecule has 0 radical (unpaired) electrons. The van der Waals surface area contributed by atoms with Gasteiger partial charge in [-0.1, -0.05) is 18.2 Å². The zero-order valence-electron chi connectivity index (χ0n) is 16.0. The average molecular weight is 425 g/mol. The van der Waals surface area contributed by atoms with E-state index in [4.69, 9.17) is 0 Å². The molecule has 5 nitrogen and oxygen atoms in total. The van der Waals surface area contributed by atoms with Crippen LogP contribution < -0.4 is 10.0 Å². The zero-order valence-corrected chi connectivity index (χ0v) is 16.9. The van der Waals surface area contributed by atoms with Crippen LogP contribution in [0.2, 0.25) is 0 Å². The van der Waals surface area contributed by atoms with Gasteiger partial charge in [0.25, 0.3) is 0 Å². The van der Waals surface area contributed by atoms with Gasteiger partial charge >= 0.3 is 6.03 Å². The normalized spacial score (nSPS) is 20.0. The molecule has 0 bridgehead atoms. The Morgan fingerprint density at radius 1 is 1.24 bits per heavy atom. The first-order chi connectivity index (χ1) is 13.8. The number of carbonyl (C=O) groups is 1. The molecule has 3 rings (SSSR count). The molecule has 0 spiro atoms. The van der Waals surface area contributed by atoms with E-state index in [1.54, 1.807) is 17.0 Å². The van der Waals surface area contributed by atoms with Crippen molar-refractivity contribution in [3.8, 4) is 11.1 Å². The smallest absolute Gasteiger partial charge is 0.317 e. The third kappa shape index (κ3) is 4.85. The zero-order chi connectivity index (χ0) is 21.1. The van der Waals surface area contributed by atoms with E-state index in [2.05, 4.69) is 10.0 Å². The van der Waals surface area contributed by atoms with Crippen LogP contribution in [-0.2, 0) is 17.8 Å². The van der Waals surface area contributed by atoms with Crippen LogP contribution >= 0.6 is 0 Å². The number of likely N-dealkylation sites (tertiary alicyclic amines) is 1. The maximum absolute atomic E-state index is 15.2. The van der Waals surface area contributed by atoms with Crippen molar-refractivity contribution in [2.45, 2.75) is 24.9 Å². The lowest BCUT2D eigenvalue weighted by Crippen LogP contribution is -2.49. The summed E-state index contributed by atoms with van der Waals surface area (Å²) < 4.78 is 57.0. The number of rotatable bonds is 5. The van der Waals surface area contributed by atoms with Crippen LogP contribution in [0.15, 0.2) is 36.4 Å². The summed E-state index contributed by atoms with van der Waals surface area (Å²) in [6.07, 6.45) is 2.24. The Labute approximate surface area is 170 Å². The van der Waals surface area contributed by atoms with Crippen LogP contribution in [0.4, 0.5) is 18.0 Å². The van der Waals surface area contributed by atoms with Crippen molar-refractivity contribution < 1.29 is 22.5 Å². The summed E-state index contributed by atoms with van der Waals surface area (Å²) >= 11 is -1.29. The van der Waals surface area contributed by atoms with Crippen molar-refractivity contribution in [1.29, 1.82) is 0 Å². The predicted molar refractivity (Wildman–Crippen MR) is 106 cm³/mol. The van der Waals surface area contributed by atoms with Crippen molar-refractivity contribution in [2.24, 2.45) is 0 Å². The number of urea groups is 1. The Kier molecular flexibility index (Phi) is 6.71. The molecule has 1 heterocycles. The van der Waals surface area contributed by atoms with Gasteiger partial charge in [0.2, 0.25) is 0 Å². The number of halogens is 3. The third-order valence-electron chi connectivity index (χ3n) is 5.02. The minimum absolute atomic E-state index is 0.0777. The lowest BCUT2D eigenvalue weighted by molar-refractivity contribution is 0.191. The monoisotopic (exact) mass is 425 g/mol. The van der Waals surface area contributed by atoms with E-state index < -0.39 is 34.9 Å². The fourth-order valence-electron chi connectivity index (χ4n) is 3.75. The Morgan fingerprint density at radius 2 is 1.93 bits per heavy atom. The second-order valence-electron chi connectivity index (χ2n) is 6.92. The molecule has 2 amide bonds. The fourth-order valence-corrected chi connectivity index (χ4v) is 4.45. The van der Waals surface area contributed by atoms with Crippen molar-refractivity contribution in [3.63, 3.8) is 0 Å². The highest BCUT2D eigenvalue weighted by molar-refractivity contribution is 7.88. The second kappa shape index (κ2) is 9.06. The van der Waals surface area contributed by atoms with Crippen LogP contribution in [-0.4, -0.2) is 47.4 Å². The maximum atomic E-state index is 15.2. The van der Waals surface area contributed by atoms with E-state index in [1.165, 1.54) is 19.4 Å². The van der Waals surface area contributed by atoms with Gasteiger partial charge < -0.3 is 14.8 Å². The SMILES string of the molecule is CNC(=O)N1CCC(N[S+](C)[O-])C1Cc1cccc(-c2cc(F)cc(F)c2)c1F. The van der Waals surface area contributed by atoms with Crippen LogP contribution in [0.25, 0.3) is 11.1 Å². The maximum Gasteiger partial charge on any atom is 0.317 e. The number of hydrogen-bond donors (Lipinski definition) is 2. The molecule has 3 unspecified atom stereocenters. The molecule has 1 saturated heterocycles.